The van der Waals surface area contributed by atoms with Crippen molar-refractivity contribution in [3.05, 3.63) is 64.8 Å². The van der Waals surface area contributed by atoms with Gasteiger partial charge in [-0.05, 0) is 30.2 Å². The molecule has 2 aromatic carbocycles. The summed E-state index contributed by atoms with van der Waals surface area (Å²) in [6, 6.07) is 12.1. The van der Waals surface area contributed by atoms with E-state index in [0.29, 0.717) is 16.7 Å². The minimum absolute atomic E-state index is 0.171. The molecule has 1 unspecified atom stereocenters. The fraction of sp³-hybridized carbons (Fsp3) is 0.250. The van der Waals surface area contributed by atoms with Crippen molar-refractivity contribution in [1.82, 2.24) is 10.1 Å². The van der Waals surface area contributed by atoms with Crippen LogP contribution in [0.4, 0.5) is 10.1 Å². The molecule has 4 rings (SSSR count). The lowest BCUT2D eigenvalue weighted by Crippen LogP contribution is -2.25. The van der Waals surface area contributed by atoms with Gasteiger partial charge in [0.1, 0.15) is 5.82 Å². The number of anilines is 1. The van der Waals surface area contributed by atoms with E-state index in [1.807, 2.05) is 24.3 Å². The molecule has 1 aliphatic heterocycles. The first-order chi connectivity index (χ1) is 13.0. The van der Waals surface area contributed by atoms with E-state index >= 15 is 0 Å². The number of nitrogens with zero attached hydrogens (tertiary/aromatic N) is 3. The van der Waals surface area contributed by atoms with Gasteiger partial charge in [-0.3, -0.25) is 4.79 Å². The highest BCUT2D eigenvalue weighted by Gasteiger charge is 2.36. The number of carbonyl (C=O) groups excluding carboxylic acids is 1. The van der Waals surface area contributed by atoms with Crippen molar-refractivity contribution < 1.29 is 13.7 Å². The summed E-state index contributed by atoms with van der Waals surface area (Å²) in [4.78, 5) is 18.2. The maximum Gasteiger partial charge on any atom is 0.232 e. The van der Waals surface area contributed by atoms with Gasteiger partial charge < -0.3 is 9.42 Å². The number of aryl methyl sites for hydroxylation is 1. The first-order valence-corrected chi connectivity index (χ1v) is 9.11. The third-order valence-corrected chi connectivity index (χ3v) is 4.97. The molecular weight excluding hydrogens is 369 g/mol. The number of carbonyl (C=O) groups is 1. The zero-order valence-corrected chi connectivity index (χ0v) is 15.4. The van der Waals surface area contributed by atoms with Crippen molar-refractivity contribution in [1.29, 1.82) is 0 Å². The maximum atomic E-state index is 14.1. The fourth-order valence-corrected chi connectivity index (χ4v) is 3.37. The Bertz CT molecular complexity index is 987. The van der Waals surface area contributed by atoms with Crippen LogP contribution in [0.15, 0.2) is 47.0 Å². The van der Waals surface area contributed by atoms with Crippen LogP contribution in [0, 0.1) is 5.82 Å². The predicted molar refractivity (Wildman–Crippen MR) is 100 cm³/mol. The quantitative estimate of drug-likeness (QED) is 0.658. The second-order valence-corrected chi connectivity index (χ2v) is 6.94. The van der Waals surface area contributed by atoms with Crippen LogP contribution < -0.4 is 4.90 Å². The summed E-state index contributed by atoms with van der Waals surface area (Å²) in [5.41, 5.74) is 2.25. The van der Waals surface area contributed by atoms with Crippen molar-refractivity contribution in [3.8, 4) is 11.4 Å². The molecule has 1 fully saturated rings. The van der Waals surface area contributed by atoms with Gasteiger partial charge >= 0.3 is 0 Å². The van der Waals surface area contributed by atoms with Crippen LogP contribution in [0.25, 0.3) is 11.4 Å². The van der Waals surface area contributed by atoms with E-state index in [2.05, 4.69) is 17.1 Å². The minimum Gasteiger partial charge on any atom is -0.339 e. The topological polar surface area (TPSA) is 59.2 Å². The molecule has 0 bridgehead atoms. The maximum absolute atomic E-state index is 14.1. The normalized spacial score (nSPS) is 16.9. The third kappa shape index (κ3) is 3.45. The molecule has 138 valence electrons. The third-order valence-electron chi connectivity index (χ3n) is 4.74. The van der Waals surface area contributed by atoms with Crippen LogP contribution in [-0.2, 0) is 11.2 Å². The van der Waals surface area contributed by atoms with Crippen LogP contribution in [-0.4, -0.2) is 22.6 Å². The summed E-state index contributed by atoms with van der Waals surface area (Å²) >= 11 is 5.94. The Morgan fingerprint density at radius 2 is 2.04 bits per heavy atom. The Balaban J connectivity index is 1.56. The van der Waals surface area contributed by atoms with E-state index in [0.717, 1.165) is 12.0 Å². The van der Waals surface area contributed by atoms with Gasteiger partial charge in [0.25, 0.3) is 0 Å². The van der Waals surface area contributed by atoms with Gasteiger partial charge in [-0.25, -0.2) is 4.39 Å². The molecule has 1 aliphatic rings. The average Bonchev–Trinajstić information content (AvgIpc) is 3.31. The second-order valence-electron chi connectivity index (χ2n) is 6.51. The van der Waals surface area contributed by atoms with E-state index in [4.69, 9.17) is 16.1 Å². The second kappa shape index (κ2) is 7.12. The Hall–Kier alpha value is -2.73. The van der Waals surface area contributed by atoms with Gasteiger partial charge in [0.15, 0.2) is 0 Å². The van der Waals surface area contributed by atoms with Crippen LogP contribution in [0.3, 0.4) is 0 Å². The lowest BCUT2D eigenvalue weighted by atomic mass is 10.1. The summed E-state index contributed by atoms with van der Waals surface area (Å²) < 4.78 is 19.5. The Kier molecular flexibility index (Phi) is 4.66. The van der Waals surface area contributed by atoms with Gasteiger partial charge in [0.05, 0.1) is 11.6 Å². The molecule has 0 N–H and O–H groups in total. The van der Waals surface area contributed by atoms with Crippen LogP contribution in [0.2, 0.25) is 5.02 Å². The minimum atomic E-state index is -0.490. The van der Waals surface area contributed by atoms with Crippen molar-refractivity contribution in [2.75, 3.05) is 11.4 Å². The van der Waals surface area contributed by atoms with Crippen LogP contribution >= 0.6 is 11.6 Å². The van der Waals surface area contributed by atoms with E-state index in [9.17, 15) is 9.18 Å². The summed E-state index contributed by atoms with van der Waals surface area (Å²) in [7, 11) is 0. The summed E-state index contributed by atoms with van der Waals surface area (Å²) in [5, 5.41) is 4.40. The fourth-order valence-electron chi connectivity index (χ4n) is 3.21. The highest BCUT2D eigenvalue weighted by Crippen LogP contribution is 2.34. The van der Waals surface area contributed by atoms with Gasteiger partial charge in [0.2, 0.25) is 17.6 Å². The molecule has 3 aromatic rings. The average molecular weight is 386 g/mol. The molecule has 0 spiro atoms. The SMILES string of the molecule is CCc1ccc(-c2noc(C3CC(=O)N(c4cc(Cl)ccc4F)C3)n2)cc1. The van der Waals surface area contributed by atoms with Crippen molar-refractivity contribution in [3.63, 3.8) is 0 Å². The lowest BCUT2D eigenvalue weighted by Gasteiger charge is -2.17. The zero-order valence-electron chi connectivity index (χ0n) is 14.7. The monoisotopic (exact) mass is 385 g/mol. The summed E-state index contributed by atoms with van der Waals surface area (Å²) in [6.45, 7) is 2.36. The molecular formula is C20H17ClFN3O2. The molecule has 1 amide bonds. The van der Waals surface area contributed by atoms with Gasteiger partial charge in [-0.2, -0.15) is 4.98 Å². The molecule has 5 nitrogen and oxygen atoms in total. The summed E-state index contributed by atoms with van der Waals surface area (Å²) in [5.74, 6) is -0.119. The largest absolute Gasteiger partial charge is 0.339 e. The highest BCUT2D eigenvalue weighted by atomic mass is 35.5. The van der Waals surface area contributed by atoms with Crippen molar-refractivity contribution in [2.45, 2.75) is 25.7 Å². The van der Waals surface area contributed by atoms with Crippen molar-refractivity contribution in [2.24, 2.45) is 0 Å². The van der Waals surface area contributed by atoms with E-state index in [1.54, 1.807) is 0 Å². The number of amides is 1. The number of hydrogen-bond donors (Lipinski definition) is 0. The molecule has 1 aromatic heterocycles. The number of hydrogen-bond acceptors (Lipinski definition) is 4. The molecule has 0 aliphatic carbocycles. The van der Waals surface area contributed by atoms with Crippen molar-refractivity contribution >= 4 is 23.2 Å². The number of rotatable bonds is 4. The standard InChI is InChI=1S/C20H17ClFN3O2/c1-2-12-3-5-13(6-4-12)19-23-20(27-24-19)14-9-18(26)25(11-14)17-10-15(21)7-8-16(17)22/h3-8,10,14H,2,9,11H2,1H3. The predicted octanol–water partition coefficient (Wildman–Crippen LogP) is 4.61. The van der Waals surface area contributed by atoms with Gasteiger partial charge in [0, 0.05) is 23.6 Å². The molecule has 1 saturated heterocycles. The Morgan fingerprint density at radius 1 is 1.26 bits per heavy atom. The Labute approximate surface area is 160 Å². The number of benzene rings is 2. The molecule has 0 saturated carbocycles. The zero-order chi connectivity index (χ0) is 19.0. The first-order valence-electron chi connectivity index (χ1n) is 8.73. The Morgan fingerprint density at radius 3 is 2.78 bits per heavy atom. The number of aromatic nitrogens is 2. The van der Waals surface area contributed by atoms with Crippen LogP contribution in [0.1, 0.15) is 30.7 Å². The van der Waals surface area contributed by atoms with Crippen LogP contribution in [0.5, 0.6) is 0 Å². The van der Waals surface area contributed by atoms with E-state index in [1.165, 1.54) is 28.7 Å². The van der Waals surface area contributed by atoms with Gasteiger partial charge in [-0.1, -0.05) is 47.9 Å². The highest BCUT2D eigenvalue weighted by molar-refractivity contribution is 6.31. The molecule has 2 heterocycles. The molecule has 7 heteroatoms. The smallest absolute Gasteiger partial charge is 0.232 e. The molecule has 1 atom stereocenters. The summed E-state index contributed by atoms with van der Waals surface area (Å²) in [6.07, 6.45) is 1.14. The number of halogens is 2. The van der Waals surface area contributed by atoms with E-state index < -0.39 is 5.82 Å². The van der Waals surface area contributed by atoms with E-state index in [-0.39, 0.29) is 30.5 Å². The molecule has 27 heavy (non-hydrogen) atoms. The first kappa shape index (κ1) is 17.7. The van der Waals surface area contributed by atoms with Gasteiger partial charge in [-0.15, -0.1) is 0 Å². The molecule has 0 radical (unpaired) electrons. The lowest BCUT2D eigenvalue weighted by molar-refractivity contribution is -0.117.